The molecular formula is C18H23BrClNO2. The quantitative estimate of drug-likeness (QED) is 0.721. The van der Waals surface area contributed by atoms with Crippen molar-refractivity contribution >= 4 is 33.4 Å². The van der Waals surface area contributed by atoms with E-state index in [9.17, 15) is 4.79 Å². The van der Waals surface area contributed by atoms with Crippen LogP contribution in [-0.2, 0) is 4.79 Å². The second-order valence-electron chi connectivity index (χ2n) is 8.10. The summed E-state index contributed by atoms with van der Waals surface area (Å²) in [4.78, 5) is 14.7. The van der Waals surface area contributed by atoms with Gasteiger partial charge in [0.05, 0.1) is 5.02 Å². The number of halogens is 2. The van der Waals surface area contributed by atoms with Gasteiger partial charge in [-0.15, -0.1) is 0 Å². The van der Waals surface area contributed by atoms with Gasteiger partial charge in [-0.1, -0.05) is 48.3 Å². The van der Waals surface area contributed by atoms with E-state index in [0.29, 0.717) is 22.2 Å². The first kappa shape index (κ1) is 17.1. The molecule has 3 nitrogen and oxygen atoms in total. The van der Waals surface area contributed by atoms with Gasteiger partial charge in [-0.05, 0) is 48.3 Å². The summed E-state index contributed by atoms with van der Waals surface area (Å²) in [7, 11) is 0. The normalized spacial score (nSPS) is 28.7. The van der Waals surface area contributed by atoms with E-state index in [1.165, 1.54) is 6.42 Å². The number of hydrogen-bond donors (Lipinski definition) is 0. The molecular weight excluding hydrogens is 378 g/mol. The van der Waals surface area contributed by atoms with Crippen molar-refractivity contribution in [1.29, 1.82) is 0 Å². The van der Waals surface area contributed by atoms with Crippen molar-refractivity contribution < 1.29 is 9.53 Å². The van der Waals surface area contributed by atoms with E-state index in [-0.39, 0.29) is 17.9 Å². The molecule has 1 saturated carbocycles. The number of likely N-dealkylation sites (tertiary alicyclic amines) is 1. The number of rotatable bonds is 3. The van der Waals surface area contributed by atoms with Gasteiger partial charge in [-0.25, -0.2) is 0 Å². The van der Waals surface area contributed by atoms with Crippen molar-refractivity contribution in [2.24, 2.45) is 10.8 Å². The van der Waals surface area contributed by atoms with Crippen molar-refractivity contribution in [2.45, 2.75) is 46.1 Å². The van der Waals surface area contributed by atoms with Crippen LogP contribution in [0.25, 0.3) is 0 Å². The van der Waals surface area contributed by atoms with Gasteiger partial charge < -0.3 is 9.64 Å². The van der Waals surface area contributed by atoms with Crippen molar-refractivity contribution in [1.82, 2.24) is 4.90 Å². The predicted molar refractivity (Wildman–Crippen MR) is 95.9 cm³/mol. The number of carbonyl (C=O) groups excluding carboxylic acids is 1. The Balaban J connectivity index is 1.65. The maximum absolute atomic E-state index is 12.6. The van der Waals surface area contributed by atoms with Gasteiger partial charge in [-0.3, -0.25) is 4.79 Å². The van der Waals surface area contributed by atoms with Gasteiger partial charge in [0.1, 0.15) is 5.75 Å². The highest BCUT2D eigenvalue weighted by Crippen LogP contribution is 2.52. The van der Waals surface area contributed by atoms with E-state index in [1.807, 2.05) is 11.0 Å². The Morgan fingerprint density at radius 3 is 2.83 bits per heavy atom. The van der Waals surface area contributed by atoms with E-state index in [4.69, 9.17) is 16.3 Å². The first-order valence-electron chi connectivity index (χ1n) is 8.05. The lowest BCUT2D eigenvalue weighted by molar-refractivity contribution is -0.134. The summed E-state index contributed by atoms with van der Waals surface area (Å²) in [5.41, 5.74) is 0.555. The molecule has 2 aliphatic rings. The number of ether oxygens (including phenoxy) is 1. The summed E-state index contributed by atoms with van der Waals surface area (Å²) in [6.07, 6.45) is 3.37. The van der Waals surface area contributed by atoms with Crippen LogP contribution in [0.15, 0.2) is 22.7 Å². The second kappa shape index (κ2) is 5.96. The number of hydrogen-bond acceptors (Lipinski definition) is 2. The summed E-state index contributed by atoms with van der Waals surface area (Å²) >= 11 is 9.50. The lowest BCUT2D eigenvalue weighted by atomic mass is 9.65. The molecule has 0 spiro atoms. The first-order chi connectivity index (χ1) is 10.7. The highest BCUT2D eigenvalue weighted by atomic mass is 79.9. The zero-order valence-electron chi connectivity index (χ0n) is 13.9. The monoisotopic (exact) mass is 399 g/mol. The third-order valence-corrected chi connectivity index (χ3v) is 5.77. The van der Waals surface area contributed by atoms with Crippen molar-refractivity contribution in [2.75, 3.05) is 13.2 Å². The minimum atomic E-state index is 0.0500. The molecule has 0 radical (unpaired) electrons. The molecule has 2 atom stereocenters. The van der Waals surface area contributed by atoms with E-state index >= 15 is 0 Å². The van der Waals surface area contributed by atoms with Gasteiger partial charge in [0.2, 0.25) is 0 Å². The van der Waals surface area contributed by atoms with Crippen LogP contribution in [0.2, 0.25) is 5.02 Å². The van der Waals surface area contributed by atoms with E-state index in [0.717, 1.165) is 23.9 Å². The van der Waals surface area contributed by atoms with Crippen LogP contribution in [0.3, 0.4) is 0 Å². The Kier molecular flexibility index (Phi) is 4.43. The van der Waals surface area contributed by atoms with Crippen LogP contribution < -0.4 is 4.74 Å². The lowest BCUT2D eigenvalue weighted by Crippen LogP contribution is -2.40. The summed E-state index contributed by atoms with van der Waals surface area (Å²) in [6, 6.07) is 5.76. The number of nitrogens with zero attached hydrogens (tertiary/aromatic N) is 1. The molecule has 0 aromatic heterocycles. The smallest absolute Gasteiger partial charge is 0.260 e. The topological polar surface area (TPSA) is 29.5 Å². The SMILES string of the molecule is CC1(C)C[C@H]2C[C@](C)(CN2C(=O)COc2ccc(Br)cc2Cl)C1. The molecule has 2 fully saturated rings. The Hall–Kier alpha value is -0.740. The zero-order chi connectivity index (χ0) is 16.8. The average Bonchev–Trinajstić information content (AvgIpc) is 2.66. The molecule has 1 aliphatic heterocycles. The van der Waals surface area contributed by atoms with Gasteiger partial charge >= 0.3 is 0 Å². The predicted octanol–water partition coefficient (Wildman–Crippen LogP) is 4.91. The van der Waals surface area contributed by atoms with Crippen molar-refractivity contribution in [3.63, 3.8) is 0 Å². The molecule has 0 unspecified atom stereocenters. The van der Waals surface area contributed by atoms with Crippen LogP contribution in [0.1, 0.15) is 40.0 Å². The fourth-order valence-electron chi connectivity index (χ4n) is 4.57. The average molecular weight is 401 g/mol. The Bertz CT molecular complexity index is 633. The summed E-state index contributed by atoms with van der Waals surface area (Å²) in [5, 5.41) is 0.514. The highest BCUT2D eigenvalue weighted by Gasteiger charge is 2.50. The molecule has 0 N–H and O–H groups in total. The molecule has 1 heterocycles. The first-order valence-corrected chi connectivity index (χ1v) is 9.22. The molecule has 5 heteroatoms. The number of carbonyl (C=O) groups is 1. The minimum absolute atomic E-state index is 0.0500. The molecule has 1 aromatic carbocycles. The molecule has 1 aromatic rings. The number of amides is 1. The standard InChI is InChI=1S/C18H23BrClNO2/c1-17(2)7-13-8-18(3,10-17)11-21(13)16(22)9-23-15-5-4-12(19)6-14(15)20/h4-6,13H,7-11H2,1-3H3/t13-,18-/m0/s1. The maximum Gasteiger partial charge on any atom is 0.260 e. The minimum Gasteiger partial charge on any atom is -0.482 e. The molecule has 1 amide bonds. The Morgan fingerprint density at radius 1 is 1.39 bits per heavy atom. The summed E-state index contributed by atoms with van der Waals surface area (Å²) in [5.74, 6) is 0.618. The van der Waals surface area contributed by atoms with E-state index in [1.54, 1.807) is 12.1 Å². The van der Waals surface area contributed by atoms with E-state index in [2.05, 4.69) is 36.7 Å². The molecule has 1 aliphatic carbocycles. The molecule has 23 heavy (non-hydrogen) atoms. The fraction of sp³-hybridized carbons (Fsp3) is 0.611. The third-order valence-electron chi connectivity index (χ3n) is 4.98. The van der Waals surface area contributed by atoms with Crippen LogP contribution in [0.4, 0.5) is 0 Å². The maximum atomic E-state index is 12.6. The summed E-state index contributed by atoms with van der Waals surface area (Å²) < 4.78 is 6.55. The zero-order valence-corrected chi connectivity index (χ0v) is 16.2. The molecule has 3 rings (SSSR count). The summed E-state index contributed by atoms with van der Waals surface area (Å²) in [6.45, 7) is 7.82. The third kappa shape index (κ3) is 3.69. The fourth-order valence-corrected chi connectivity index (χ4v) is 5.29. The molecule has 126 valence electrons. The van der Waals surface area contributed by atoms with Gasteiger partial charge in [0.25, 0.3) is 5.91 Å². The lowest BCUT2D eigenvalue weighted by Gasteiger charge is -2.39. The van der Waals surface area contributed by atoms with Gasteiger partial charge in [0, 0.05) is 17.1 Å². The van der Waals surface area contributed by atoms with Crippen molar-refractivity contribution in [3.05, 3.63) is 27.7 Å². The van der Waals surface area contributed by atoms with Crippen LogP contribution in [0, 0.1) is 10.8 Å². The van der Waals surface area contributed by atoms with Crippen LogP contribution in [-0.4, -0.2) is 30.0 Å². The largest absolute Gasteiger partial charge is 0.482 e. The second-order valence-corrected chi connectivity index (χ2v) is 9.42. The Labute approximate surface area is 151 Å². The number of benzene rings is 1. The highest BCUT2D eigenvalue weighted by molar-refractivity contribution is 9.10. The Morgan fingerprint density at radius 2 is 2.13 bits per heavy atom. The van der Waals surface area contributed by atoms with Crippen molar-refractivity contribution in [3.8, 4) is 5.75 Å². The molecule has 2 bridgehead atoms. The van der Waals surface area contributed by atoms with Crippen LogP contribution >= 0.6 is 27.5 Å². The molecule has 1 saturated heterocycles. The number of fused-ring (bicyclic) bond motifs is 2. The van der Waals surface area contributed by atoms with Crippen LogP contribution in [0.5, 0.6) is 5.75 Å². The van der Waals surface area contributed by atoms with Gasteiger partial charge in [-0.2, -0.15) is 0 Å². The van der Waals surface area contributed by atoms with Gasteiger partial charge in [0.15, 0.2) is 6.61 Å². The van der Waals surface area contributed by atoms with E-state index < -0.39 is 0 Å².